The Morgan fingerprint density at radius 3 is 0.892 bits per heavy atom. The minimum atomic E-state index is -0.771. The zero-order valence-corrected chi connectivity index (χ0v) is 43.8. The second-order valence-electron chi connectivity index (χ2n) is 19.6. The summed E-state index contributed by atoms with van der Waals surface area (Å²) in [7, 11) is 0. The Kier molecular flexibility index (Phi) is 52.7. The molecule has 0 unspecified atom stereocenters. The summed E-state index contributed by atoms with van der Waals surface area (Å²) >= 11 is 0. The largest absolute Gasteiger partial charge is 0.462 e. The van der Waals surface area contributed by atoms with Crippen molar-refractivity contribution in [2.45, 2.75) is 322 Å². The predicted molar refractivity (Wildman–Crippen MR) is 279 cm³/mol. The van der Waals surface area contributed by atoms with E-state index in [-0.39, 0.29) is 31.1 Å². The molecule has 0 aliphatic rings. The van der Waals surface area contributed by atoms with Crippen molar-refractivity contribution in [1.29, 1.82) is 0 Å². The van der Waals surface area contributed by atoms with Gasteiger partial charge in [0.1, 0.15) is 13.2 Å². The Morgan fingerprint density at radius 2 is 0.569 bits per heavy atom. The first-order valence-electron chi connectivity index (χ1n) is 28.8. The maximum Gasteiger partial charge on any atom is 0.306 e. The topological polar surface area (TPSA) is 78.9 Å². The molecule has 0 aromatic carbocycles. The fraction of sp³-hybridized carbons (Fsp3) is 0.881. The highest BCUT2D eigenvalue weighted by atomic mass is 16.6. The number of hydrogen-bond donors (Lipinski definition) is 0. The Hall–Kier alpha value is -2.11. The van der Waals surface area contributed by atoms with Gasteiger partial charge < -0.3 is 14.2 Å². The van der Waals surface area contributed by atoms with Gasteiger partial charge in [-0.15, -0.1) is 0 Å². The maximum absolute atomic E-state index is 12.8. The Labute approximate surface area is 404 Å². The van der Waals surface area contributed by atoms with Crippen LogP contribution in [0.25, 0.3) is 0 Å². The van der Waals surface area contributed by atoms with E-state index in [0.29, 0.717) is 19.3 Å². The minimum Gasteiger partial charge on any atom is -0.462 e. The molecule has 6 nitrogen and oxygen atoms in total. The highest BCUT2D eigenvalue weighted by Gasteiger charge is 2.19. The minimum absolute atomic E-state index is 0.0701. The first-order chi connectivity index (χ1) is 32.0. The first-order valence-corrected chi connectivity index (χ1v) is 28.8. The number of ether oxygens (including phenoxy) is 3. The fourth-order valence-electron chi connectivity index (χ4n) is 8.58. The summed E-state index contributed by atoms with van der Waals surface area (Å²) in [6.07, 6.45) is 63.1. The van der Waals surface area contributed by atoms with Crippen molar-refractivity contribution < 1.29 is 28.6 Å². The van der Waals surface area contributed by atoms with E-state index in [1.807, 2.05) is 0 Å². The van der Waals surface area contributed by atoms with Crippen molar-refractivity contribution in [3.05, 3.63) is 24.3 Å². The molecular formula is C59H110O6. The summed E-state index contributed by atoms with van der Waals surface area (Å²) in [4.78, 5) is 38.1. The zero-order valence-electron chi connectivity index (χ0n) is 43.8. The van der Waals surface area contributed by atoms with Crippen LogP contribution in [0.5, 0.6) is 0 Å². The molecule has 0 spiro atoms. The Morgan fingerprint density at radius 1 is 0.308 bits per heavy atom. The van der Waals surface area contributed by atoms with E-state index in [1.54, 1.807) is 0 Å². The zero-order chi connectivity index (χ0) is 47.2. The van der Waals surface area contributed by atoms with Gasteiger partial charge in [0.2, 0.25) is 0 Å². The molecule has 0 aromatic rings. The molecule has 0 aliphatic carbocycles. The third-order valence-electron chi connectivity index (χ3n) is 13.0. The molecular weight excluding hydrogens is 805 g/mol. The quantitative estimate of drug-likeness (QED) is 0.0262. The van der Waals surface area contributed by atoms with Crippen molar-refractivity contribution >= 4 is 17.9 Å². The van der Waals surface area contributed by atoms with Crippen LogP contribution in [0.2, 0.25) is 0 Å². The van der Waals surface area contributed by atoms with E-state index in [4.69, 9.17) is 14.2 Å². The van der Waals surface area contributed by atoms with E-state index in [2.05, 4.69) is 45.1 Å². The number of rotatable bonds is 53. The van der Waals surface area contributed by atoms with Crippen LogP contribution in [0, 0.1) is 0 Å². The molecule has 6 heteroatoms. The number of carbonyl (C=O) groups excluding carboxylic acids is 3. The number of allylic oxidation sites excluding steroid dienone is 4. The van der Waals surface area contributed by atoms with Gasteiger partial charge >= 0.3 is 17.9 Å². The monoisotopic (exact) mass is 915 g/mol. The highest BCUT2D eigenvalue weighted by molar-refractivity contribution is 5.71. The summed E-state index contributed by atoms with van der Waals surface area (Å²) in [6.45, 7) is 6.64. The Balaban J connectivity index is 4.32. The standard InChI is InChI=1S/C59H110O6/c1-4-7-10-13-16-19-22-25-28-29-30-32-34-37-40-43-46-49-52-58(61)64-55-56(54-63-57(60)51-48-45-42-39-36-33-27-24-21-18-15-12-9-6-3)65-59(62)53-50-47-44-41-38-35-31-26-23-20-17-14-11-8-5-2/h15,18,24,27,56H,4-14,16-17,19-23,25-26,28-55H2,1-3H3/b18-15-,27-24-/t56-/m1/s1. The maximum atomic E-state index is 12.8. The molecule has 0 aliphatic heterocycles. The van der Waals surface area contributed by atoms with Crippen LogP contribution in [0.15, 0.2) is 24.3 Å². The van der Waals surface area contributed by atoms with Crippen LogP contribution in [-0.4, -0.2) is 37.2 Å². The lowest BCUT2D eigenvalue weighted by atomic mass is 10.0. The van der Waals surface area contributed by atoms with Crippen LogP contribution < -0.4 is 0 Å². The molecule has 0 rings (SSSR count). The van der Waals surface area contributed by atoms with Gasteiger partial charge in [0.05, 0.1) is 0 Å². The molecule has 65 heavy (non-hydrogen) atoms. The molecule has 0 radical (unpaired) electrons. The van der Waals surface area contributed by atoms with Crippen LogP contribution >= 0.6 is 0 Å². The molecule has 0 fully saturated rings. The number of carbonyl (C=O) groups is 3. The molecule has 0 bridgehead atoms. The lowest BCUT2D eigenvalue weighted by Gasteiger charge is -2.18. The number of hydrogen-bond acceptors (Lipinski definition) is 6. The van der Waals surface area contributed by atoms with Gasteiger partial charge in [-0.05, 0) is 44.9 Å². The summed E-state index contributed by atoms with van der Waals surface area (Å²) in [6, 6.07) is 0. The van der Waals surface area contributed by atoms with Crippen molar-refractivity contribution in [1.82, 2.24) is 0 Å². The second kappa shape index (κ2) is 54.5. The second-order valence-corrected chi connectivity index (χ2v) is 19.6. The molecule has 0 aromatic heterocycles. The van der Waals surface area contributed by atoms with E-state index in [1.165, 1.54) is 199 Å². The van der Waals surface area contributed by atoms with Gasteiger partial charge in [-0.3, -0.25) is 14.4 Å². The number of unbranched alkanes of at least 4 members (excludes halogenated alkanes) is 38. The molecule has 0 amide bonds. The third kappa shape index (κ3) is 52.7. The van der Waals surface area contributed by atoms with Crippen molar-refractivity contribution in [3.8, 4) is 0 Å². The van der Waals surface area contributed by atoms with E-state index in [0.717, 1.165) is 77.0 Å². The third-order valence-corrected chi connectivity index (χ3v) is 13.0. The lowest BCUT2D eigenvalue weighted by Crippen LogP contribution is -2.30. The van der Waals surface area contributed by atoms with Crippen LogP contribution in [0.1, 0.15) is 316 Å². The fourth-order valence-corrected chi connectivity index (χ4v) is 8.58. The summed E-state index contributed by atoms with van der Waals surface area (Å²) in [5, 5.41) is 0. The average Bonchev–Trinajstić information content (AvgIpc) is 3.30. The molecule has 382 valence electrons. The van der Waals surface area contributed by atoms with Crippen LogP contribution in [0.3, 0.4) is 0 Å². The highest BCUT2D eigenvalue weighted by Crippen LogP contribution is 2.17. The summed E-state index contributed by atoms with van der Waals surface area (Å²) in [5.41, 5.74) is 0. The van der Waals surface area contributed by atoms with E-state index in [9.17, 15) is 14.4 Å². The smallest absolute Gasteiger partial charge is 0.306 e. The molecule has 0 N–H and O–H groups in total. The van der Waals surface area contributed by atoms with Crippen LogP contribution in [-0.2, 0) is 28.6 Å². The average molecular weight is 916 g/mol. The lowest BCUT2D eigenvalue weighted by molar-refractivity contribution is -0.167. The van der Waals surface area contributed by atoms with Crippen molar-refractivity contribution in [3.63, 3.8) is 0 Å². The molecule has 1 atom stereocenters. The summed E-state index contributed by atoms with van der Waals surface area (Å²) in [5.74, 6) is -0.863. The SMILES string of the molecule is CCCC/C=C\C/C=C\CCCCCCCC(=O)OC[C@H](COC(=O)CCCCCCCCCCCCCCCCCCCC)OC(=O)CCCCCCCCCCCCCCCCC. The van der Waals surface area contributed by atoms with Gasteiger partial charge in [0.25, 0.3) is 0 Å². The van der Waals surface area contributed by atoms with Gasteiger partial charge in [-0.2, -0.15) is 0 Å². The number of esters is 3. The van der Waals surface area contributed by atoms with Gasteiger partial charge in [-0.1, -0.05) is 276 Å². The normalized spacial score (nSPS) is 12.1. The predicted octanol–water partition coefficient (Wildman–Crippen LogP) is 19.1. The van der Waals surface area contributed by atoms with Crippen molar-refractivity contribution in [2.24, 2.45) is 0 Å². The van der Waals surface area contributed by atoms with E-state index >= 15 is 0 Å². The van der Waals surface area contributed by atoms with Gasteiger partial charge in [0, 0.05) is 19.3 Å². The summed E-state index contributed by atoms with van der Waals surface area (Å²) < 4.78 is 16.9. The van der Waals surface area contributed by atoms with Crippen LogP contribution in [0.4, 0.5) is 0 Å². The molecule has 0 saturated heterocycles. The van der Waals surface area contributed by atoms with E-state index < -0.39 is 6.10 Å². The first kappa shape index (κ1) is 62.9. The molecule has 0 heterocycles. The molecule has 0 saturated carbocycles. The van der Waals surface area contributed by atoms with Crippen molar-refractivity contribution in [2.75, 3.05) is 13.2 Å². The van der Waals surface area contributed by atoms with Gasteiger partial charge in [0.15, 0.2) is 6.10 Å². The Bertz CT molecular complexity index is 1050. The van der Waals surface area contributed by atoms with Gasteiger partial charge in [-0.25, -0.2) is 0 Å².